The number of fused-ring (bicyclic) bond motifs is 3. The van der Waals surface area contributed by atoms with E-state index in [2.05, 4.69) is 5.32 Å². The molecule has 0 saturated carbocycles. The van der Waals surface area contributed by atoms with Crippen molar-refractivity contribution in [3.8, 4) is 11.5 Å². The van der Waals surface area contributed by atoms with E-state index in [0.29, 0.717) is 11.4 Å². The molecular weight excluding hydrogens is 378 g/mol. The average Bonchev–Trinajstić information content (AvgIpc) is 3.21. The number of nitrogens with zero attached hydrogens (tertiary/aromatic N) is 2. The zero-order chi connectivity index (χ0) is 20.7. The van der Waals surface area contributed by atoms with Crippen molar-refractivity contribution in [1.82, 2.24) is 0 Å². The van der Waals surface area contributed by atoms with Crippen LogP contribution in [0.1, 0.15) is 29.5 Å². The molecule has 0 radical (unpaired) electrons. The Kier molecular flexibility index (Phi) is 4.57. The molecule has 0 amide bonds. The predicted octanol–water partition coefficient (Wildman–Crippen LogP) is 4.35. The predicted molar refractivity (Wildman–Crippen MR) is 106 cm³/mol. The molecule has 9 heteroatoms. The summed E-state index contributed by atoms with van der Waals surface area (Å²) in [4.78, 5) is 21.9. The van der Waals surface area contributed by atoms with E-state index in [1.165, 1.54) is 26.4 Å². The Labute approximate surface area is 166 Å². The fourth-order valence-electron chi connectivity index (χ4n) is 4.29. The number of anilines is 1. The zero-order valence-corrected chi connectivity index (χ0v) is 15.8. The molecule has 2 aromatic carbocycles. The molecule has 4 rings (SSSR count). The van der Waals surface area contributed by atoms with Crippen LogP contribution in [0.5, 0.6) is 11.5 Å². The summed E-state index contributed by atoms with van der Waals surface area (Å²) in [5.74, 6) is 0.596. The van der Waals surface area contributed by atoms with Crippen molar-refractivity contribution in [3.05, 3.63) is 73.8 Å². The molecule has 150 valence electrons. The van der Waals surface area contributed by atoms with Gasteiger partial charge in [0.25, 0.3) is 5.69 Å². The van der Waals surface area contributed by atoms with E-state index in [4.69, 9.17) is 9.47 Å². The lowest BCUT2D eigenvalue weighted by Crippen LogP contribution is -2.29. The number of hydrogen-bond donors (Lipinski definition) is 1. The van der Waals surface area contributed by atoms with Crippen LogP contribution in [-0.4, -0.2) is 24.1 Å². The van der Waals surface area contributed by atoms with Crippen molar-refractivity contribution in [3.63, 3.8) is 0 Å². The maximum absolute atomic E-state index is 11.5. The number of non-ortho nitro benzene ring substituents is 1. The van der Waals surface area contributed by atoms with Gasteiger partial charge < -0.3 is 14.8 Å². The summed E-state index contributed by atoms with van der Waals surface area (Å²) >= 11 is 0. The topological polar surface area (TPSA) is 117 Å². The first-order valence-corrected chi connectivity index (χ1v) is 9.06. The SMILES string of the molecule is COc1ccc([C@H]2Nc3c(OC)cc([N+](=O)[O-])cc3C3C=CCC32)cc1[N+](=O)[O-]. The summed E-state index contributed by atoms with van der Waals surface area (Å²) in [5.41, 5.74) is 2.10. The molecule has 1 heterocycles. The van der Waals surface area contributed by atoms with Crippen LogP contribution in [0.15, 0.2) is 42.5 Å². The van der Waals surface area contributed by atoms with Gasteiger partial charge in [-0.25, -0.2) is 0 Å². The molecule has 2 aromatic rings. The number of ether oxygens (including phenoxy) is 2. The zero-order valence-electron chi connectivity index (χ0n) is 15.8. The van der Waals surface area contributed by atoms with E-state index in [1.807, 2.05) is 18.2 Å². The van der Waals surface area contributed by atoms with Crippen LogP contribution in [0.4, 0.5) is 17.1 Å². The second kappa shape index (κ2) is 7.08. The molecule has 1 aliphatic carbocycles. The molecule has 1 N–H and O–H groups in total. The number of allylic oxidation sites excluding steroid dienone is 2. The van der Waals surface area contributed by atoms with Gasteiger partial charge in [-0.05, 0) is 29.5 Å². The van der Waals surface area contributed by atoms with Crippen molar-refractivity contribution in [1.29, 1.82) is 0 Å². The first-order chi connectivity index (χ1) is 13.9. The molecule has 0 fully saturated rings. The van der Waals surface area contributed by atoms with Gasteiger partial charge in [0.2, 0.25) is 0 Å². The van der Waals surface area contributed by atoms with Crippen molar-refractivity contribution in [2.24, 2.45) is 5.92 Å². The summed E-state index contributed by atoms with van der Waals surface area (Å²) in [6.45, 7) is 0. The monoisotopic (exact) mass is 397 g/mol. The van der Waals surface area contributed by atoms with Crippen LogP contribution >= 0.6 is 0 Å². The second-order valence-electron chi connectivity index (χ2n) is 7.03. The van der Waals surface area contributed by atoms with Gasteiger partial charge in [-0.1, -0.05) is 18.2 Å². The first-order valence-electron chi connectivity index (χ1n) is 9.06. The third-order valence-electron chi connectivity index (χ3n) is 5.61. The van der Waals surface area contributed by atoms with E-state index in [0.717, 1.165) is 17.5 Å². The van der Waals surface area contributed by atoms with Crippen molar-refractivity contribution < 1.29 is 19.3 Å². The number of benzene rings is 2. The fraction of sp³-hybridized carbons (Fsp3) is 0.300. The number of methoxy groups -OCH3 is 2. The van der Waals surface area contributed by atoms with Crippen LogP contribution in [0, 0.1) is 26.1 Å². The van der Waals surface area contributed by atoms with Crippen LogP contribution in [0.2, 0.25) is 0 Å². The number of nitro groups is 2. The van der Waals surface area contributed by atoms with Crippen molar-refractivity contribution in [2.45, 2.75) is 18.4 Å². The van der Waals surface area contributed by atoms with Gasteiger partial charge in [0.15, 0.2) is 5.75 Å². The minimum absolute atomic E-state index is 0.0278. The third-order valence-corrected chi connectivity index (χ3v) is 5.61. The van der Waals surface area contributed by atoms with Gasteiger partial charge in [0.1, 0.15) is 5.75 Å². The highest BCUT2D eigenvalue weighted by Gasteiger charge is 2.40. The summed E-state index contributed by atoms with van der Waals surface area (Å²) in [5, 5.41) is 26.2. The Bertz CT molecular complexity index is 1040. The molecule has 0 aromatic heterocycles. The highest BCUT2D eigenvalue weighted by atomic mass is 16.6. The minimum atomic E-state index is -0.465. The molecular formula is C20H19N3O6. The average molecular weight is 397 g/mol. The summed E-state index contributed by atoms with van der Waals surface area (Å²) in [6.07, 6.45) is 4.84. The largest absolute Gasteiger partial charge is 0.494 e. The van der Waals surface area contributed by atoms with Crippen molar-refractivity contribution >= 4 is 17.1 Å². The Morgan fingerprint density at radius 1 is 1.03 bits per heavy atom. The van der Waals surface area contributed by atoms with Crippen LogP contribution < -0.4 is 14.8 Å². The third kappa shape index (κ3) is 3.04. The van der Waals surface area contributed by atoms with Gasteiger partial charge in [-0.15, -0.1) is 0 Å². The number of nitro benzene ring substituents is 2. The summed E-state index contributed by atoms with van der Waals surface area (Å²) in [7, 11) is 2.86. The van der Waals surface area contributed by atoms with Gasteiger partial charge in [0.05, 0.1) is 41.9 Å². The van der Waals surface area contributed by atoms with Crippen molar-refractivity contribution in [2.75, 3.05) is 19.5 Å². The molecule has 1 aliphatic heterocycles. The molecule has 0 spiro atoms. The standard InChI is InChI=1S/C20H19N3O6/c1-28-17-7-6-11(8-16(17)23(26)27)19-14-5-3-4-13(14)15-9-12(22(24)25)10-18(29-2)20(15)21-19/h3-4,6-10,13-14,19,21H,5H2,1-2H3/t13?,14?,19-/m1/s1. The Balaban J connectivity index is 1.83. The van der Waals surface area contributed by atoms with Gasteiger partial charge >= 0.3 is 5.69 Å². The van der Waals surface area contributed by atoms with E-state index in [1.54, 1.807) is 12.1 Å². The maximum atomic E-state index is 11.5. The van der Waals surface area contributed by atoms with Gasteiger partial charge in [-0.2, -0.15) is 0 Å². The number of hydrogen-bond acceptors (Lipinski definition) is 7. The normalized spacial score (nSPS) is 21.7. The summed E-state index contributed by atoms with van der Waals surface area (Å²) in [6, 6.07) is 7.66. The fourth-order valence-corrected chi connectivity index (χ4v) is 4.29. The number of nitrogens with one attached hydrogen (secondary N) is 1. The van der Waals surface area contributed by atoms with E-state index < -0.39 is 9.85 Å². The number of rotatable bonds is 5. The Morgan fingerprint density at radius 2 is 1.79 bits per heavy atom. The Morgan fingerprint density at radius 3 is 2.45 bits per heavy atom. The highest BCUT2D eigenvalue weighted by molar-refractivity contribution is 5.71. The van der Waals surface area contributed by atoms with Crippen LogP contribution in [0.3, 0.4) is 0 Å². The molecule has 2 unspecified atom stereocenters. The lowest BCUT2D eigenvalue weighted by atomic mass is 9.76. The molecule has 2 aliphatic rings. The maximum Gasteiger partial charge on any atom is 0.311 e. The van der Waals surface area contributed by atoms with Gasteiger partial charge in [-0.3, -0.25) is 20.2 Å². The quantitative estimate of drug-likeness (QED) is 0.453. The van der Waals surface area contributed by atoms with E-state index in [-0.39, 0.29) is 35.0 Å². The second-order valence-corrected chi connectivity index (χ2v) is 7.03. The molecule has 29 heavy (non-hydrogen) atoms. The Hall–Kier alpha value is -3.62. The highest BCUT2D eigenvalue weighted by Crippen LogP contribution is 2.53. The van der Waals surface area contributed by atoms with E-state index in [9.17, 15) is 20.2 Å². The molecule has 9 nitrogen and oxygen atoms in total. The van der Waals surface area contributed by atoms with Crippen LogP contribution in [-0.2, 0) is 0 Å². The molecule has 0 bridgehead atoms. The smallest absolute Gasteiger partial charge is 0.311 e. The van der Waals surface area contributed by atoms with E-state index >= 15 is 0 Å². The molecule has 0 saturated heterocycles. The van der Waals surface area contributed by atoms with Crippen LogP contribution in [0.25, 0.3) is 0 Å². The lowest BCUT2D eigenvalue weighted by Gasteiger charge is -2.38. The summed E-state index contributed by atoms with van der Waals surface area (Å²) < 4.78 is 10.5. The molecule has 3 atom stereocenters. The first kappa shape index (κ1) is 18.7. The van der Waals surface area contributed by atoms with Gasteiger partial charge in [0, 0.05) is 18.1 Å². The lowest BCUT2D eigenvalue weighted by molar-refractivity contribution is -0.385. The minimum Gasteiger partial charge on any atom is -0.494 e.